The van der Waals surface area contributed by atoms with Gasteiger partial charge in [0.15, 0.2) is 5.69 Å². The van der Waals surface area contributed by atoms with Gasteiger partial charge in [0.05, 0.1) is 6.20 Å². The molecule has 0 radical (unpaired) electrons. The predicted molar refractivity (Wildman–Crippen MR) is 93.1 cm³/mol. The summed E-state index contributed by atoms with van der Waals surface area (Å²) in [6.45, 7) is 3.05. The Morgan fingerprint density at radius 3 is 2.88 bits per heavy atom. The van der Waals surface area contributed by atoms with Crippen LogP contribution in [0.5, 0.6) is 0 Å². The Hall–Kier alpha value is -2.96. The van der Waals surface area contributed by atoms with Crippen LogP contribution in [0.25, 0.3) is 11.1 Å². The summed E-state index contributed by atoms with van der Waals surface area (Å²) in [5.74, 6) is 0.378. The van der Waals surface area contributed by atoms with Gasteiger partial charge in [0.2, 0.25) is 0 Å². The van der Waals surface area contributed by atoms with Crippen LogP contribution in [0.15, 0.2) is 41.1 Å². The maximum Gasteiger partial charge on any atom is 0.276 e. The molecule has 2 aromatic heterocycles. The summed E-state index contributed by atoms with van der Waals surface area (Å²) in [5.41, 5.74) is 3.17. The van der Waals surface area contributed by atoms with Crippen molar-refractivity contribution in [2.24, 2.45) is 0 Å². The third-order valence-electron chi connectivity index (χ3n) is 4.79. The number of halogens is 1. The van der Waals surface area contributed by atoms with Crippen LogP contribution in [0, 0.1) is 12.7 Å². The van der Waals surface area contributed by atoms with Crippen molar-refractivity contribution in [2.75, 3.05) is 13.1 Å². The number of likely N-dealkylation sites (tertiary alicyclic amines) is 1. The lowest BCUT2D eigenvalue weighted by Crippen LogP contribution is -2.39. The van der Waals surface area contributed by atoms with Gasteiger partial charge in [0, 0.05) is 36.3 Å². The van der Waals surface area contributed by atoms with Gasteiger partial charge in [-0.25, -0.2) is 4.39 Å². The molecule has 26 heavy (non-hydrogen) atoms. The fourth-order valence-electron chi connectivity index (χ4n) is 3.49. The third kappa shape index (κ3) is 3.12. The summed E-state index contributed by atoms with van der Waals surface area (Å²) in [4.78, 5) is 14.5. The minimum atomic E-state index is -0.267. The zero-order valence-electron chi connectivity index (χ0n) is 14.4. The van der Waals surface area contributed by atoms with Crippen molar-refractivity contribution in [2.45, 2.75) is 25.7 Å². The number of amides is 1. The number of nitrogens with one attached hydrogen (secondary N) is 1. The number of piperidine rings is 1. The molecule has 0 bridgehead atoms. The highest BCUT2D eigenvalue weighted by Gasteiger charge is 2.29. The van der Waals surface area contributed by atoms with E-state index >= 15 is 0 Å². The molecule has 0 aliphatic carbocycles. The molecule has 7 heteroatoms. The van der Waals surface area contributed by atoms with Gasteiger partial charge in [-0.15, -0.1) is 0 Å². The van der Waals surface area contributed by atoms with Crippen molar-refractivity contribution < 1.29 is 13.7 Å². The van der Waals surface area contributed by atoms with E-state index in [2.05, 4.69) is 15.4 Å². The van der Waals surface area contributed by atoms with Gasteiger partial charge in [-0.2, -0.15) is 5.10 Å². The first-order valence-corrected chi connectivity index (χ1v) is 8.63. The summed E-state index contributed by atoms with van der Waals surface area (Å²) in [7, 11) is 0. The molecule has 1 aromatic carbocycles. The molecule has 1 amide bonds. The highest BCUT2D eigenvalue weighted by atomic mass is 19.1. The number of aromatic nitrogens is 3. The lowest BCUT2D eigenvalue weighted by molar-refractivity contribution is 0.0695. The van der Waals surface area contributed by atoms with Crippen LogP contribution in [0.3, 0.4) is 0 Å². The first-order chi connectivity index (χ1) is 12.6. The van der Waals surface area contributed by atoms with E-state index in [4.69, 9.17) is 4.52 Å². The average Bonchev–Trinajstić information content (AvgIpc) is 3.31. The zero-order chi connectivity index (χ0) is 18.1. The highest BCUT2D eigenvalue weighted by Crippen LogP contribution is 2.33. The molecule has 0 spiro atoms. The number of hydrogen-bond acceptors (Lipinski definition) is 4. The van der Waals surface area contributed by atoms with Crippen LogP contribution in [0.1, 0.15) is 40.7 Å². The Morgan fingerprint density at radius 2 is 2.15 bits per heavy atom. The number of hydrogen-bond donors (Lipinski definition) is 1. The molecular weight excluding hydrogens is 335 g/mol. The van der Waals surface area contributed by atoms with Gasteiger partial charge in [-0.3, -0.25) is 9.89 Å². The minimum Gasteiger partial charge on any atom is -0.361 e. The van der Waals surface area contributed by atoms with Crippen molar-refractivity contribution in [1.29, 1.82) is 0 Å². The molecule has 3 aromatic rings. The summed E-state index contributed by atoms with van der Waals surface area (Å²) in [6.07, 6.45) is 3.61. The number of rotatable bonds is 3. The van der Waals surface area contributed by atoms with E-state index in [1.165, 1.54) is 12.1 Å². The Labute approximate surface area is 150 Å². The number of H-pyrrole nitrogens is 1. The van der Waals surface area contributed by atoms with Crippen molar-refractivity contribution in [3.8, 4) is 11.1 Å². The molecule has 0 unspecified atom stereocenters. The van der Waals surface area contributed by atoms with E-state index < -0.39 is 0 Å². The largest absolute Gasteiger partial charge is 0.361 e. The van der Waals surface area contributed by atoms with Gasteiger partial charge < -0.3 is 9.42 Å². The van der Waals surface area contributed by atoms with Crippen molar-refractivity contribution in [1.82, 2.24) is 20.3 Å². The van der Waals surface area contributed by atoms with Crippen molar-refractivity contribution in [3.63, 3.8) is 0 Å². The van der Waals surface area contributed by atoms with Crippen molar-refractivity contribution >= 4 is 5.91 Å². The molecule has 1 atom stereocenters. The number of aryl methyl sites for hydroxylation is 1. The summed E-state index contributed by atoms with van der Waals surface area (Å²) >= 11 is 0. The Bertz CT molecular complexity index is 916. The topological polar surface area (TPSA) is 75.0 Å². The maximum atomic E-state index is 13.2. The van der Waals surface area contributed by atoms with Crippen LogP contribution >= 0.6 is 0 Å². The zero-order valence-corrected chi connectivity index (χ0v) is 14.4. The summed E-state index contributed by atoms with van der Waals surface area (Å²) in [5, 5.41) is 11.1. The fourth-order valence-corrected chi connectivity index (χ4v) is 3.49. The molecule has 1 fully saturated rings. The Morgan fingerprint density at radius 1 is 1.35 bits per heavy atom. The summed E-state index contributed by atoms with van der Waals surface area (Å²) < 4.78 is 18.2. The molecule has 1 aliphatic heterocycles. The quantitative estimate of drug-likeness (QED) is 0.781. The van der Waals surface area contributed by atoms with Crippen LogP contribution in [0.2, 0.25) is 0 Å². The monoisotopic (exact) mass is 354 g/mol. The Balaban J connectivity index is 1.56. The SMILES string of the molecule is Cc1cc(C(=O)N2CCC[C@H](c3[nH]ncc3-c3ccc(F)cc3)C2)no1. The standard InChI is InChI=1S/C19H19FN4O2/c1-12-9-17(23-26-12)19(25)24-8-2-3-14(11-24)18-16(10-21-22-18)13-4-6-15(20)7-5-13/h4-7,9-10,14H,2-3,8,11H2,1H3,(H,21,22)/t14-/m0/s1. The smallest absolute Gasteiger partial charge is 0.276 e. The second-order valence-corrected chi connectivity index (χ2v) is 6.62. The van der Waals surface area contributed by atoms with Crippen molar-refractivity contribution in [3.05, 3.63) is 59.5 Å². The fraction of sp³-hybridized carbons (Fsp3) is 0.316. The van der Waals surface area contributed by atoms with Crippen LogP contribution in [0.4, 0.5) is 4.39 Å². The van der Waals surface area contributed by atoms with E-state index in [1.54, 1.807) is 36.2 Å². The van der Waals surface area contributed by atoms with Gasteiger partial charge in [-0.05, 0) is 37.5 Å². The van der Waals surface area contributed by atoms with Gasteiger partial charge in [0.1, 0.15) is 11.6 Å². The van der Waals surface area contributed by atoms with Crippen LogP contribution in [-0.2, 0) is 0 Å². The minimum absolute atomic E-state index is 0.116. The highest BCUT2D eigenvalue weighted by molar-refractivity contribution is 5.92. The molecule has 3 heterocycles. The number of carbonyl (C=O) groups is 1. The second-order valence-electron chi connectivity index (χ2n) is 6.62. The molecular formula is C19H19FN4O2. The molecule has 1 aliphatic rings. The maximum absolute atomic E-state index is 13.2. The third-order valence-corrected chi connectivity index (χ3v) is 4.79. The first kappa shape index (κ1) is 16.5. The second kappa shape index (κ2) is 6.74. The Kier molecular flexibility index (Phi) is 4.28. The lowest BCUT2D eigenvalue weighted by Gasteiger charge is -2.32. The number of carbonyl (C=O) groups excluding carboxylic acids is 1. The van der Waals surface area contributed by atoms with E-state index in [0.717, 1.165) is 29.7 Å². The molecule has 1 saturated heterocycles. The van der Waals surface area contributed by atoms with E-state index in [-0.39, 0.29) is 17.6 Å². The van der Waals surface area contributed by atoms with Gasteiger partial charge >= 0.3 is 0 Å². The molecule has 0 saturated carbocycles. The molecule has 4 rings (SSSR count). The van der Waals surface area contributed by atoms with E-state index in [9.17, 15) is 9.18 Å². The average molecular weight is 354 g/mol. The van der Waals surface area contributed by atoms with E-state index in [1.807, 2.05) is 0 Å². The molecule has 1 N–H and O–H groups in total. The lowest BCUT2D eigenvalue weighted by atomic mass is 9.90. The normalized spacial score (nSPS) is 17.5. The number of nitrogens with zero attached hydrogens (tertiary/aromatic N) is 3. The predicted octanol–water partition coefficient (Wildman–Crippen LogP) is 3.53. The van der Waals surface area contributed by atoms with Gasteiger partial charge in [-0.1, -0.05) is 17.3 Å². The van der Waals surface area contributed by atoms with E-state index in [0.29, 0.717) is 24.5 Å². The molecule has 134 valence electrons. The number of aromatic amines is 1. The van der Waals surface area contributed by atoms with Crippen LogP contribution in [-0.4, -0.2) is 39.3 Å². The first-order valence-electron chi connectivity index (χ1n) is 8.63. The molecule has 6 nitrogen and oxygen atoms in total. The van der Waals surface area contributed by atoms with Crippen LogP contribution < -0.4 is 0 Å². The number of benzene rings is 1. The summed E-state index contributed by atoms with van der Waals surface area (Å²) in [6, 6.07) is 8.03. The van der Waals surface area contributed by atoms with Gasteiger partial charge in [0.25, 0.3) is 5.91 Å².